The van der Waals surface area contributed by atoms with E-state index >= 15 is 0 Å². The van der Waals surface area contributed by atoms with Gasteiger partial charge in [0.25, 0.3) is 0 Å². The summed E-state index contributed by atoms with van der Waals surface area (Å²) in [6.45, 7) is 2.11. The van der Waals surface area contributed by atoms with Crippen molar-refractivity contribution in [3.8, 4) is 5.69 Å². The minimum absolute atomic E-state index is 0.0958. The van der Waals surface area contributed by atoms with E-state index in [1.807, 2.05) is 29.9 Å². The fraction of sp³-hybridized carbons (Fsp3) is 0.357. The Morgan fingerprint density at radius 1 is 1.35 bits per heavy atom. The molecule has 1 aromatic carbocycles. The van der Waals surface area contributed by atoms with Crippen molar-refractivity contribution < 1.29 is 5.11 Å². The molecule has 1 heterocycles. The van der Waals surface area contributed by atoms with E-state index in [0.717, 1.165) is 16.8 Å². The molecule has 1 aliphatic rings. The maximum Gasteiger partial charge on any atom is 0.0684 e. The summed E-state index contributed by atoms with van der Waals surface area (Å²) in [4.78, 5) is 0. The fourth-order valence-electron chi connectivity index (χ4n) is 2.08. The first-order chi connectivity index (χ1) is 8.28. The molecule has 17 heavy (non-hydrogen) atoms. The summed E-state index contributed by atoms with van der Waals surface area (Å²) in [5.74, 6) is 0.689. The number of aliphatic hydroxyl groups is 1. The quantitative estimate of drug-likeness (QED) is 0.876. The number of aryl methyl sites for hydroxylation is 1. The number of hydrogen-bond donors (Lipinski definition) is 1. The lowest BCUT2D eigenvalue weighted by molar-refractivity contribution is 0.281. The highest BCUT2D eigenvalue weighted by Crippen LogP contribution is 2.39. The Morgan fingerprint density at radius 3 is 2.82 bits per heavy atom. The van der Waals surface area contributed by atoms with Crippen LogP contribution in [0.2, 0.25) is 0 Å². The molecule has 1 aromatic heterocycles. The maximum absolute atomic E-state index is 9.14. The third kappa shape index (κ3) is 1.98. The number of benzene rings is 1. The Hall–Kier alpha value is -1.61. The van der Waals surface area contributed by atoms with Gasteiger partial charge in [-0.1, -0.05) is 6.07 Å². The van der Waals surface area contributed by atoms with Crippen molar-refractivity contribution in [2.75, 3.05) is 0 Å². The standard InChI is InChI=1S/C14H16N2O/c1-10-8-13(5-4-12(10)9-17)16-7-6-14(15-16)11-2-3-11/h4-8,11,17H,2-3,9H2,1H3. The van der Waals surface area contributed by atoms with Crippen LogP contribution in [-0.2, 0) is 6.61 Å². The first kappa shape index (κ1) is 10.5. The van der Waals surface area contributed by atoms with Crippen LogP contribution in [0.25, 0.3) is 5.69 Å². The molecular formula is C14H16N2O. The Morgan fingerprint density at radius 2 is 2.18 bits per heavy atom. The minimum atomic E-state index is 0.0958. The highest BCUT2D eigenvalue weighted by atomic mass is 16.3. The van der Waals surface area contributed by atoms with Gasteiger partial charge in [-0.2, -0.15) is 5.10 Å². The zero-order valence-corrected chi connectivity index (χ0v) is 9.93. The summed E-state index contributed by atoms with van der Waals surface area (Å²) in [6, 6.07) is 8.13. The summed E-state index contributed by atoms with van der Waals surface area (Å²) in [5, 5.41) is 13.7. The molecule has 2 aromatic rings. The van der Waals surface area contributed by atoms with E-state index in [9.17, 15) is 0 Å². The summed E-state index contributed by atoms with van der Waals surface area (Å²) in [5.41, 5.74) is 4.34. The molecule has 0 amide bonds. The number of aliphatic hydroxyl groups excluding tert-OH is 1. The third-order valence-electron chi connectivity index (χ3n) is 3.37. The van der Waals surface area contributed by atoms with Crippen LogP contribution < -0.4 is 0 Å². The Kier molecular flexibility index (Phi) is 2.48. The summed E-state index contributed by atoms with van der Waals surface area (Å²) >= 11 is 0. The van der Waals surface area contributed by atoms with Gasteiger partial charge in [-0.3, -0.25) is 0 Å². The molecule has 0 radical (unpaired) electrons. The molecule has 1 saturated carbocycles. The number of aromatic nitrogens is 2. The SMILES string of the molecule is Cc1cc(-n2ccc(C3CC3)n2)ccc1CO. The van der Waals surface area contributed by atoms with Crippen LogP contribution in [0.5, 0.6) is 0 Å². The van der Waals surface area contributed by atoms with Crippen LogP contribution in [0, 0.1) is 6.92 Å². The van der Waals surface area contributed by atoms with Crippen LogP contribution in [0.3, 0.4) is 0 Å². The molecular weight excluding hydrogens is 212 g/mol. The van der Waals surface area contributed by atoms with E-state index in [1.165, 1.54) is 18.5 Å². The highest BCUT2D eigenvalue weighted by molar-refractivity contribution is 5.39. The Bertz CT molecular complexity index is 541. The predicted molar refractivity (Wildman–Crippen MR) is 66.2 cm³/mol. The van der Waals surface area contributed by atoms with Crippen LogP contribution >= 0.6 is 0 Å². The molecule has 1 aliphatic carbocycles. The fourth-order valence-corrected chi connectivity index (χ4v) is 2.08. The average molecular weight is 228 g/mol. The van der Waals surface area contributed by atoms with Gasteiger partial charge < -0.3 is 5.11 Å². The van der Waals surface area contributed by atoms with E-state index in [2.05, 4.69) is 17.2 Å². The zero-order chi connectivity index (χ0) is 11.8. The third-order valence-corrected chi connectivity index (χ3v) is 3.37. The van der Waals surface area contributed by atoms with Crippen molar-refractivity contribution in [3.63, 3.8) is 0 Å². The van der Waals surface area contributed by atoms with E-state index in [-0.39, 0.29) is 6.61 Å². The topological polar surface area (TPSA) is 38.0 Å². The smallest absolute Gasteiger partial charge is 0.0684 e. The largest absolute Gasteiger partial charge is 0.392 e. The molecule has 0 saturated heterocycles. The van der Waals surface area contributed by atoms with Gasteiger partial charge in [0, 0.05) is 12.1 Å². The predicted octanol–water partition coefficient (Wildman–Crippen LogP) is 2.55. The van der Waals surface area contributed by atoms with E-state index < -0.39 is 0 Å². The van der Waals surface area contributed by atoms with Crippen molar-refractivity contribution >= 4 is 0 Å². The van der Waals surface area contributed by atoms with Crippen molar-refractivity contribution in [1.82, 2.24) is 9.78 Å². The lowest BCUT2D eigenvalue weighted by Crippen LogP contribution is -1.98. The number of hydrogen-bond acceptors (Lipinski definition) is 2. The lowest BCUT2D eigenvalue weighted by Gasteiger charge is -2.06. The second kappa shape index (κ2) is 4.00. The summed E-state index contributed by atoms with van der Waals surface area (Å²) in [7, 11) is 0. The average Bonchev–Trinajstić information content (AvgIpc) is 3.07. The van der Waals surface area contributed by atoms with Crippen molar-refractivity contribution in [3.05, 3.63) is 47.3 Å². The molecule has 0 atom stereocenters. The van der Waals surface area contributed by atoms with E-state index in [0.29, 0.717) is 5.92 Å². The second-order valence-corrected chi connectivity index (χ2v) is 4.73. The van der Waals surface area contributed by atoms with Gasteiger partial charge in [0.05, 0.1) is 18.0 Å². The zero-order valence-electron chi connectivity index (χ0n) is 9.93. The number of nitrogens with zero attached hydrogens (tertiary/aromatic N) is 2. The molecule has 0 unspecified atom stereocenters. The molecule has 1 N–H and O–H groups in total. The second-order valence-electron chi connectivity index (χ2n) is 4.73. The minimum Gasteiger partial charge on any atom is -0.392 e. The first-order valence-electron chi connectivity index (χ1n) is 6.04. The van der Waals surface area contributed by atoms with Crippen molar-refractivity contribution in [2.24, 2.45) is 0 Å². The van der Waals surface area contributed by atoms with Gasteiger partial charge in [-0.05, 0) is 49.1 Å². The molecule has 1 fully saturated rings. The molecule has 0 aliphatic heterocycles. The lowest BCUT2D eigenvalue weighted by atomic mass is 10.1. The van der Waals surface area contributed by atoms with Crippen molar-refractivity contribution in [2.45, 2.75) is 32.3 Å². The summed E-state index contributed by atoms with van der Waals surface area (Å²) in [6.07, 6.45) is 4.57. The molecule has 3 nitrogen and oxygen atoms in total. The van der Waals surface area contributed by atoms with E-state index in [1.54, 1.807) is 0 Å². The molecule has 3 heteroatoms. The van der Waals surface area contributed by atoms with Crippen molar-refractivity contribution in [1.29, 1.82) is 0 Å². The van der Waals surface area contributed by atoms with E-state index in [4.69, 9.17) is 5.11 Å². The monoisotopic (exact) mass is 228 g/mol. The van der Waals surface area contributed by atoms with Gasteiger partial charge in [0.2, 0.25) is 0 Å². The molecule has 3 rings (SSSR count). The summed E-state index contributed by atoms with van der Waals surface area (Å²) < 4.78 is 1.92. The molecule has 0 spiro atoms. The number of rotatable bonds is 3. The van der Waals surface area contributed by atoms with Crippen LogP contribution in [0.1, 0.15) is 35.6 Å². The Balaban J connectivity index is 1.93. The van der Waals surface area contributed by atoms with Crippen LogP contribution in [0.4, 0.5) is 0 Å². The normalized spacial score (nSPS) is 15.2. The van der Waals surface area contributed by atoms with Gasteiger partial charge in [-0.15, -0.1) is 0 Å². The first-order valence-corrected chi connectivity index (χ1v) is 6.04. The van der Waals surface area contributed by atoms with Gasteiger partial charge >= 0.3 is 0 Å². The highest BCUT2D eigenvalue weighted by Gasteiger charge is 2.25. The van der Waals surface area contributed by atoms with Gasteiger partial charge in [-0.25, -0.2) is 4.68 Å². The van der Waals surface area contributed by atoms with Gasteiger partial charge in [0.15, 0.2) is 0 Å². The van der Waals surface area contributed by atoms with Crippen LogP contribution in [0.15, 0.2) is 30.5 Å². The molecule has 0 bridgehead atoms. The maximum atomic E-state index is 9.14. The molecule has 88 valence electrons. The van der Waals surface area contributed by atoms with Crippen LogP contribution in [-0.4, -0.2) is 14.9 Å². The Labute approximate surface area is 101 Å². The van der Waals surface area contributed by atoms with Gasteiger partial charge in [0.1, 0.15) is 0 Å².